The smallest absolute Gasteiger partial charge is 0.253 e. The maximum Gasteiger partial charge on any atom is 0.253 e. The molecule has 17 heavy (non-hydrogen) atoms. The highest BCUT2D eigenvalue weighted by molar-refractivity contribution is 5.01. The molecule has 1 aromatic rings. The minimum Gasteiger partial charge on any atom is -0.351 e. The summed E-state index contributed by atoms with van der Waals surface area (Å²) in [4.78, 5) is 16.1. The van der Waals surface area contributed by atoms with Crippen molar-refractivity contribution in [3.63, 3.8) is 0 Å². The van der Waals surface area contributed by atoms with E-state index in [4.69, 9.17) is 9.47 Å². The van der Waals surface area contributed by atoms with Crippen LogP contribution in [-0.4, -0.2) is 29.1 Å². The summed E-state index contributed by atoms with van der Waals surface area (Å²) in [6.07, 6.45) is -0.397. The molecule has 0 saturated carbocycles. The molecule has 0 unspecified atom stereocenters. The van der Waals surface area contributed by atoms with Crippen molar-refractivity contribution in [2.45, 2.75) is 40.5 Å². The largest absolute Gasteiger partial charge is 0.351 e. The number of hydrogen-bond donors (Lipinski definition) is 0. The van der Waals surface area contributed by atoms with Gasteiger partial charge >= 0.3 is 0 Å². The van der Waals surface area contributed by atoms with Gasteiger partial charge in [0.15, 0.2) is 6.29 Å². The van der Waals surface area contributed by atoms with E-state index in [0.717, 1.165) is 5.69 Å². The van der Waals surface area contributed by atoms with E-state index in [2.05, 4.69) is 4.98 Å². The van der Waals surface area contributed by atoms with Crippen molar-refractivity contribution in [2.24, 2.45) is 0 Å². The maximum atomic E-state index is 11.8. The molecule has 0 atom stereocenters. The second kappa shape index (κ2) is 6.51. The van der Waals surface area contributed by atoms with E-state index in [0.29, 0.717) is 25.6 Å². The third-order valence-electron chi connectivity index (χ3n) is 2.36. The van der Waals surface area contributed by atoms with Gasteiger partial charge in [-0.25, -0.2) is 4.98 Å². The molecule has 0 radical (unpaired) electrons. The highest BCUT2D eigenvalue weighted by Gasteiger charge is 2.12. The number of aromatic nitrogens is 2. The second-order valence-electron chi connectivity index (χ2n) is 3.73. The molecule has 0 aliphatic heterocycles. The standard InChI is InChI=1S/C12H20N2O3/c1-5-16-12(17-6-2)8-14-10(4)13-9(3)7-11(14)15/h7,12H,5-6,8H2,1-4H3. The Morgan fingerprint density at radius 1 is 1.29 bits per heavy atom. The highest BCUT2D eigenvalue weighted by Crippen LogP contribution is 2.01. The fourth-order valence-electron chi connectivity index (χ4n) is 1.66. The van der Waals surface area contributed by atoms with Gasteiger partial charge in [0.05, 0.1) is 6.54 Å². The Hall–Kier alpha value is -1.20. The minimum absolute atomic E-state index is 0.0700. The van der Waals surface area contributed by atoms with Crippen LogP contribution >= 0.6 is 0 Å². The van der Waals surface area contributed by atoms with Crippen LogP contribution in [0.2, 0.25) is 0 Å². The molecule has 0 saturated heterocycles. The number of ether oxygens (including phenoxy) is 2. The number of nitrogens with zero attached hydrogens (tertiary/aromatic N) is 2. The first-order valence-electron chi connectivity index (χ1n) is 5.86. The lowest BCUT2D eigenvalue weighted by Crippen LogP contribution is -2.32. The first-order chi connectivity index (χ1) is 8.08. The maximum absolute atomic E-state index is 11.8. The molecule has 96 valence electrons. The van der Waals surface area contributed by atoms with Crippen molar-refractivity contribution in [3.05, 3.63) is 27.9 Å². The predicted octanol–water partition coefficient (Wildman–Crippen LogP) is 1.26. The molecule has 1 heterocycles. The van der Waals surface area contributed by atoms with Gasteiger partial charge in [0.25, 0.3) is 5.56 Å². The van der Waals surface area contributed by atoms with Gasteiger partial charge in [-0.1, -0.05) is 0 Å². The molecule has 1 rings (SSSR count). The van der Waals surface area contributed by atoms with E-state index >= 15 is 0 Å². The zero-order valence-electron chi connectivity index (χ0n) is 10.9. The molecule has 5 heteroatoms. The Balaban J connectivity index is 2.89. The number of rotatable bonds is 6. The second-order valence-corrected chi connectivity index (χ2v) is 3.73. The van der Waals surface area contributed by atoms with E-state index < -0.39 is 6.29 Å². The fraction of sp³-hybridized carbons (Fsp3) is 0.667. The van der Waals surface area contributed by atoms with E-state index in [-0.39, 0.29) is 5.56 Å². The molecule has 0 amide bonds. The molecule has 0 aromatic carbocycles. The lowest BCUT2D eigenvalue weighted by molar-refractivity contribution is -0.144. The van der Waals surface area contributed by atoms with E-state index in [9.17, 15) is 4.79 Å². The predicted molar refractivity (Wildman–Crippen MR) is 65.0 cm³/mol. The normalized spacial score (nSPS) is 11.1. The van der Waals surface area contributed by atoms with Crippen molar-refractivity contribution in [1.29, 1.82) is 0 Å². The van der Waals surface area contributed by atoms with Crippen LogP contribution in [0.5, 0.6) is 0 Å². The summed E-state index contributed by atoms with van der Waals surface area (Å²) in [6, 6.07) is 1.52. The van der Waals surface area contributed by atoms with Crippen molar-refractivity contribution in [3.8, 4) is 0 Å². The Morgan fingerprint density at radius 2 is 1.88 bits per heavy atom. The molecular weight excluding hydrogens is 220 g/mol. The molecule has 0 fully saturated rings. The molecular formula is C12H20N2O3. The summed E-state index contributed by atoms with van der Waals surface area (Å²) in [6.45, 7) is 8.89. The van der Waals surface area contributed by atoms with Crippen LogP contribution in [0.25, 0.3) is 0 Å². The highest BCUT2D eigenvalue weighted by atomic mass is 16.7. The van der Waals surface area contributed by atoms with Gasteiger partial charge in [-0.2, -0.15) is 0 Å². The summed E-state index contributed by atoms with van der Waals surface area (Å²) in [5.74, 6) is 0.680. The van der Waals surface area contributed by atoms with Crippen molar-refractivity contribution >= 4 is 0 Å². The van der Waals surface area contributed by atoms with Gasteiger partial charge in [-0.3, -0.25) is 9.36 Å². The molecule has 1 aromatic heterocycles. The van der Waals surface area contributed by atoms with Crippen LogP contribution in [0.1, 0.15) is 25.4 Å². The van der Waals surface area contributed by atoms with E-state index in [1.807, 2.05) is 20.8 Å². The molecule has 5 nitrogen and oxygen atoms in total. The molecule has 0 aliphatic carbocycles. The van der Waals surface area contributed by atoms with Crippen LogP contribution in [0, 0.1) is 13.8 Å². The Bertz CT molecular complexity index is 409. The Labute approximate surface area is 101 Å². The zero-order valence-corrected chi connectivity index (χ0v) is 10.9. The van der Waals surface area contributed by atoms with Gasteiger partial charge in [0.1, 0.15) is 5.82 Å². The van der Waals surface area contributed by atoms with E-state index in [1.165, 1.54) is 6.07 Å². The monoisotopic (exact) mass is 240 g/mol. The third-order valence-corrected chi connectivity index (χ3v) is 2.36. The van der Waals surface area contributed by atoms with Gasteiger partial charge in [0, 0.05) is 25.0 Å². The van der Waals surface area contributed by atoms with Crippen LogP contribution < -0.4 is 5.56 Å². The summed E-state index contributed by atoms with van der Waals surface area (Å²) in [7, 11) is 0. The van der Waals surface area contributed by atoms with Gasteiger partial charge in [-0.15, -0.1) is 0 Å². The molecule has 0 spiro atoms. The van der Waals surface area contributed by atoms with Crippen LogP contribution in [0.4, 0.5) is 0 Å². The SMILES string of the molecule is CCOC(Cn1c(C)nc(C)cc1=O)OCC. The quantitative estimate of drug-likeness (QED) is 0.702. The van der Waals surface area contributed by atoms with Gasteiger partial charge < -0.3 is 9.47 Å². The fourth-order valence-corrected chi connectivity index (χ4v) is 1.66. The van der Waals surface area contributed by atoms with Crippen LogP contribution in [-0.2, 0) is 16.0 Å². The summed E-state index contributed by atoms with van der Waals surface area (Å²) in [5, 5.41) is 0. The zero-order chi connectivity index (χ0) is 12.8. The number of aryl methyl sites for hydroxylation is 2. The van der Waals surface area contributed by atoms with Gasteiger partial charge in [0.2, 0.25) is 0 Å². The van der Waals surface area contributed by atoms with Crippen molar-refractivity contribution < 1.29 is 9.47 Å². The Morgan fingerprint density at radius 3 is 2.35 bits per heavy atom. The van der Waals surface area contributed by atoms with Crippen molar-refractivity contribution in [2.75, 3.05) is 13.2 Å². The topological polar surface area (TPSA) is 53.4 Å². The number of hydrogen-bond acceptors (Lipinski definition) is 4. The third kappa shape index (κ3) is 3.94. The summed E-state index contributed by atoms with van der Waals surface area (Å²) >= 11 is 0. The van der Waals surface area contributed by atoms with E-state index in [1.54, 1.807) is 11.5 Å². The average molecular weight is 240 g/mol. The average Bonchev–Trinajstić information content (AvgIpc) is 2.23. The first-order valence-corrected chi connectivity index (χ1v) is 5.86. The van der Waals surface area contributed by atoms with Crippen molar-refractivity contribution in [1.82, 2.24) is 9.55 Å². The molecule has 0 aliphatic rings. The van der Waals surface area contributed by atoms with Crippen LogP contribution in [0.3, 0.4) is 0 Å². The summed E-state index contributed by atoms with van der Waals surface area (Å²) in [5.41, 5.74) is 0.660. The molecule has 0 bridgehead atoms. The lowest BCUT2D eigenvalue weighted by atomic mass is 10.4. The van der Waals surface area contributed by atoms with Crippen LogP contribution in [0.15, 0.2) is 10.9 Å². The minimum atomic E-state index is -0.397. The lowest BCUT2D eigenvalue weighted by Gasteiger charge is -2.19. The summed E-state index contributed by atoms with van der Waals surface area (Å²) < 4.78 is 12.4. The first kappa shape index (κ1) is 13.9. The molecule has 0 N–H and O–H groups in total. The van der Waals surface area contributed by atoms with Gasteiger partial charge in [-0.05, 0) is 27.7 Å². The Kier molecular flexibility index (Phi) is 5.31.